The molecule has 4 rings (SSSR count). The number of carbonyl (C=O) groups excluding carboxylic acids is 2. The molecule has 1 amide bonds. The summed E-state index contributed by atoms with van der Waals surface area (Å²) in [4.78, 5) is 33.5. The quantitative estimate of drug-likeness (QED) is 0.333. The zero-order chi connectivity index (χ0) is 25.2. The van der Waals surface area contributed by atoms with Crippen LogP contribution in [0.3, 0.4) is 0 Å². The molecule has 1 atom stereocenters. The molecule has 1 fully saturated rings. The lowest BCUT2D eigenvalue weighted by molar-refractivity contribution is -0.132. The molecule has 0 bridgehead atoms. The summed E-state index contributed by atoms with van der Waals surface area (Å²) in [5.74, 6) is 4.75. The topological polar surface area (TPSA) is 83.4 Å². The third-order valence-electron chi connectivity index (χ3n) is 6.14. The summed E-state index contributed by atoms with van der Waals surface area (Å²) in [5.41, 5.74) is 4.18. The second-order valence-corrected chi connectivity index (χ2v) is 8.71. The molecule has 2 aliphatic heterocycles. The molecule has 0 aliphatic carbocycles. The highest BCUT2D eigenvalue weighted by Gasteiger charge is 2.26. The number of ketones is 1. The summed E-state index contributed by atoms with van der Waals surface area (Å²) in [6.45, 7) is 4.59. The molecule has 1 saturated heterocycles. The molecule has 2 aromatic carbocycles. The van der Waals surface area contributed by atoms with Gasteiger partial charge in [0.05, 0.1) is 18.9 Å². The molecule has 1 unspecified atom stereocenters. The van der Waals surface area contributed by atoms with E-state index in [0.717, 1.165) is 55.9 Å². The molecule has 186 valence electrons. The number of nitrogens with one attached hydrogen (secondary N) is 1. The molecule has 2 aliphatic rings. The van der Waals surface area contributed by atoms with Gasteiger partial charge in [-0.1, -0.05) is 36.1 Å². The van der Waals surface area contributed by atoms with Crippen molar-refractivity contribution in [1.29, 1.82) is 0 Å². The van der Waals surface area contributed by atoms with E-state index in [1.165, 1.54) is 5.56 Å². The molecular weight excluding hydrogens is 459 g/mol. The zero-order valence-electron chi connectivity index (χ0n) is 20.1. The first-order valence-corrected chi connectivity index (χ1v) is 12.1. The van der Waals surface area contributed by atoms with Crippen molar-refractivity contribution in [3.63, 3.8) is 0 Å². The number of aliphatic imine (C=N–C) groups is 2. The molecule has 7 nitrogen and oxygen atoms in total. The molecule has 0 saturated carbocycles. The van der Waals surface area contributed by atoms with E-state index in [1.54, 1.807) is 0 Å². The predicted molar refractivity (Wildman–Crippen MR) is 137 cm³/mol. The van der Waals surface area contributed by atoms with Gasteiger partial charge in [0.15, 0.2) is 0 Å². The molecule has 8 heteroatoms. The van der Waals surface area contributed by atoms with Crippen molar-refractivity contribution in [2.75, 3.05) is 46.1 Å². The lowest BCUT2D eigenvalue weighted by Gasteiger charge is -2.26. The summed E-state index contributed by atoms with van der Waals surface area (Å²) in [5, 5.41) is 3.04. The van der Waals surface area contributed by atoms with E-state index < -0.39 is 18.4 Å². The summed E-state index contributed by atoms with van der Waals surface area (Å²) in [7, 11) is 0. The van der Waals surface area contributed by atoms with Crippen molar-refractivity contribution in [1.82, 2.24) is 10.2 Å². The fourth-order valence-corrected chi connectivity index (χ4v) is 4.12. The Labute approximate surface area is 210 Å². The van der Waals surface area contributed by atoms with Gasteiger partial charge >= 0.3 is 5.91 Å². The average Bonchev–Trinajstić information content (AvgIpc) is 2.91. The normalized spacial score (nSPS) is 16.9. The van der Waals surface area contributed by atoms with E-state index in [9.17, 15) is 14.0 Å². The Kier molecular flexibility index (Phi) is 9.22. The Morgan fingerprint density at radius 3 is 2.33 bits per heavy atom. The van der Waals surface area contributed by atoms with Gasteiger partial charge in [-0.3, -0.25) is 14.5 Å². The van der Waals surface area contributed by atoms with Gasteiger partial charge in [-0.15, -0.1) is 0 Å². The first-order valence-electron chi connectivity index (χ1n) is 12.1. The van der Waals surface area contributed by atoms with Gasteiger partial charge in [0.2, 0.25) is 0 Å². The maximum absolute atomic E-state index is 12.6. The maximum atomic E-state index is 12.6. The highest BCUT2D eigenvalue weighted by molar-refractivity contribution is 6.66. The molecule has 0 radical (unpaired) electrons. The van der Waals surface area contributed by atoms with E-state index in [1.807, 2.05) is 36.4 Å². The average molecular weight is 489 g/mol. The van der Waals surface area contributed by atoms with Crippen LogP contribution in [0.25, 0.3) is 0 Å². The van der Waals surface area contributed by atoms with Gasteiger partial charge in [0.1, 0.15) is 13.0 Å². The second-order valence-electron chi connectivity index (χ2n) is 8.71. The van der Waals surface area contributed by atoms with Crippen LogP contribution in [0.1, 0.15) is 34.6 Å². The van der Waals surface area contributed by atoms with Crippen molar-refractivity contribution in [3.8, 4) is 11.8 Å². The third-order valence-corrected chi connectivity index (χ3v) is 6.14. The van der Waals surface area contributed by atoms with Crippen molar-refractivity contribution >= 4 is 23.7 Å². The largest absolute Gasteiger partial charge is 0.379 e. The number of Topliss-reactive ketones (excluding diaryl/α,β-unsaturated/α-hetero) is 1. The lowest BCUT2D eigenvalue weighted by atomic mass is 9.91. The SMILES string of the molecule is O=C1N=CN=C(CC(CNCCF)c2ccc(C#Cc3ccc(CN4CCOCC4)cc3)cc2)C1=O. The number of amides is 1. The van der Waals surface area contributed by atoms with Gasteiger partial charge in [0.25, 0.3) is 5.78 Å². The minimum absolute atomic E-state index is 0.153. The zero-order valence-corrected chi connectivity index (χ0v) is 20.1. The Morgan fingerprint density at radius 1 is 1.00 bits per heavy atom. The first-order chi connectivity index (χ1) is 17.6. The fraction of sp³-hybridized carbons (Fsp3) is 0.357. The lowest BCUT2D eigenvalue weighted by Crippen LogP contribution is -2.35. The number of morpholine rings is 1. The second kappa shape index (κ2) is 13.0. The summed E-state index contributed by atoms with van der Waals surface area (Å²) >= 11 is 0. The molecule has 36 heavy (non-hydrogen) atoms. The van der Waals surface area contributed by atoms with Crippen LogP contribution >= 0.6 is 0 Å². The van der Waals surface area contributed by atoms with Crippen molar-refractivity contribution in [3.05, 3.63) is 70.8 Å². The fourth-order valence-electron chi connectivity index (χ4n) is 4.12. The Balaban J connectivity index is 1.40. The molecular formula is C28H29FN4O3. The van der Waals surface area contributed by atoms with Crippen LogP contribution in [0.4, 0.5) is 4.39 Å². The molecule has 2 aromatic rings. The number of carbonyl (C=O) groups is 2. The predicted octanol–water partition coefficient (Wildman–Crippen LogP) is 2.53. The molecule has 2 heterocycles. The number of rotatable bonds is 9. The molecule has 0 aromatic heterocycles. The van der Waals surface area contributed by atoms with Crippen molar-refractivity contribution < 1.29 is 18.7 Å². The number of hydrogen-bond donors (Lipinski definition) is 1. The van der Waals surface area contributed by atoms with Gasteiger partial charge in [-0.25, -0.2) is 9.38 Å². The summed E-state index contributed by atoms with van der Waals surface area (Å²) in [6.07, 6.45) is 1.37. The van der Waals surface area contributed by atoms with Crippen LogP contribution in [-0.4, -0.2) is 74.7 Å². The van der Waals surface area contributed by atoms with Crippen molar-refractivity contribution in [2.24, 2.45) is 9.98 Å². The Morgan fingerprint density at radius 2 is 1.67 bits per heavy atom. The molecule has 0 spiro atoms. The number of alkyl halides is 1. The van der Waals surface area contributed by atoms with Crippen molar-refractivity contribution in [2.45, 2.75) is 18.9 Å². The van der Waals surface area contributed by atoms with E-state index in [2.05, 4.69) is 44.2 Å². The Hall–Kier alpha value is -3.51. The smallest absolute Gasteiger partial charge is 0.320 e. The number of halogens is 1. The van der Waals surface area contributed by atoms with Crippen LogP contribution in [0.2, 0.25) is 0 Å². The Bertz CT molecular complexity index is 1170. The van der Waals surface area contributed by atoms with E-state index in [-0.39, 0.29) is 24.6 Å². The van der Waals surface area contributed by atoms with Crippen LogP contribution in [0, 0.1) is 11.8 Å². The molecule has 1 N–H and O–H groups in total. The summed E-state index contributed by atoms with van der Waals surface area (Å²) in [6, 6.07) is 16.0. The standard InChI is InChI=1S/C28H29FN4O3/c29-11-12-30-18-25(17-26-27(34)28(35)32-20-31-26)24-9-7-22(8-10-24)2-1-21-3-5-23(6-4-21)19-33-13-15-36-16-14-33/h3-10,20,25,30H,11-19H2. The van der Waals surface area contributed by atoms with Gasteiger partial charge in [-0.05, 0) is 35.4 Å². The minimum Gasteiger partial charge on any atom is -0.379 e. The van der Waals surface area contributed by atoms with Crippen LogP contribution in [0.15, 0.2) is 58.5 Å². The maximum Gasteiger partial charge on any atom is 0.320 e. The first kappa shape index (κ1) is 25.6. The number of ether oxygens (including phenoxy) is 1. The monoisotopic (exact) mass is 488 g/mol. The van der Waals surface area contributed by atoms with Gasteiger partial charge in [0, 0.05) is 56.2 Å². The number of nitrogens with zero attached hydrogens (tertiary/aromatic N) is 3. The van der Waals surface area contributed by atoms with E-state index >= 15 is 0 Å². The minimum atomic E-state index is -0.810. The summed E-state index contributed by atoms with van der Waals surface area (Å²) < 4.78 is 18.0. The van der Waals surface area contributed by atoms with E-state index in [0.29, 0.717) is 6.54 Å². The van der Waals surface area contributed by atoms with Crippen LogP contribution in [-0.2, 0) is 20.9 Å². The highest BCUT2D eigenvalue weighted by atomic mass is 19.1. The van der Waals surface area contributed by atoms with Gasteiger partial charge < -0.3 is 10.1 Å². The van der Waals surface area contributed by atoms with Gasteiger partial charge in [-0.2, -0.15) is 4.99 Å². The van der Waals surface area contributed by atoms with E-state index in [4.69, 9.17) is 4.74 Å². The highest BCUT2D eigenvalue weighted by Crippen LogP contribution is 2.21. The third kappa shape index (κ3) is 7.25. The van der Waals surface area contributed by atoms with Crippen LogP contribution in [0.5, 0.6) is 0 Å². The van der Waals surface area contributed by atoms with Crippen LogP contribution < -0.4 is 5.32 Å². The number of hydrogen-bond acceptors (Lipinski definition) is 6. The number of benzene rings is 2.